The number of carbonyl (C=O) groups is 1. The number of nitrogens with zero attached hydrogens (tertiary/aromatic N) is 2. The van der Waals surface area contributed by atoms with E-state index in [4.69, 9.17) is 0 Å². The molecule has 5 heteroatoms. The Balaban J connectivity index is 2.48. The second kappa shape index (κ2) is 3.26. The van der Waals surface area contributed by atoms with Crippen LogP contribution in [0.2, 0.25) is 0 Å². The summed E-state index contributed by atoms with van der Waals surface area (Å²) >= 11 is 1.17. The third-order valence-corrected chi connectivity index (χ3v) is 1.53. The van der Waals surface area contributed by atoms with E-state index in [1.54, 1.807) is 6.92 Å². The summed E-state index contributed by atoms with van der Waals surface area (Å²) in [6, 6.07) is 0. The van der Waals surface area contributed by atoms with E-state index in [2.05, 4.69) is 14.9 Å². The van der Waals surface area contributed by atoms with E-state index in [1.807, 2.05) is 0 Å². The van der Waals surface area contributed by atoms with Gasteiger partial charge in [0.25, 0.3) is 0 Å². The van der Waals surface area contributed by atoms with Gasteiger partial charge in [-0.1, -0.05) is 11.4 Å². The Morgan fingerprint density at radius 1 is 1.90 bits per heavy atom. The second-order valence-corrected chi connectivity index (χ2v) is 2.47. The fourth-order valence-corrected chi connectivity index (χ4v) is 0.884. The second-order valence-electron chi connectivity index (χ2n) is 1.68. The van der Waals surface area contributed by atoms with Crippen LogP contribution in [0.15, 0.2) is 6.20 Å². The summed E-state index contributed by atoms with van der Waals surface area (Å²) in [4.78, 5) is 10.7. The Labute approximate surface area is 62.4 Å². The lowest BCUT2D eigenvalue weighted by atomic mass is 10.5. The molecule has 0 atom stereocenters. The Kier molecular flexibility index (Phi) is 2.33. The summed E-state index contributed by atoms with van der Waals surface area (Å²) in [5.74, 6) is -0.00829. The first-order valence-electron chi connectivity index (χ1n) is 2.90. The summed E-state index contributed by atoms with van der Waals surface area (Å²) < 4.78 is 3.59. The molecule has 1 aromatic rings. The number of anilines is 1. The van der Waals surface area contributed by atoms with Crippen molar-refractivity contribution in [1.82, 2.24) is 9.59 Å². The van der Waals surface area contributed by atoms with Crippen LogP contribution in [0.1, 0.15) is 13.3 Å². The largest absolute Gasteiger partial charge is 0.315 e. The zero-order chi connectivity index (χ0) is 7.40. The average Bonchev–Trinajstić information content (AvgIpc) is 2.40. The smallest absolute Gasteiger partial charge is 0.224 e. The van der Waals surface area contributed by atoms with Crippen molar-refractivity contribution in [2.75, 3.05) is 5.32 Å². The first-order chi connectivity index (χ1) is 4.83. The van der Waals surface area contributed by atoms with Crippen molar-refractivity contribution in [3.8, 4) is 0 Å². The molecular formula is C5H7N3OS. The molecule has 0 unspecified atom stereocenters. The number of hydrogen-bond donors (Lipinski definition) is 1. The average molecular weight is 157 g/mol. The molecule has 1 amide bonds. The van der Waals surface area contributed by atoms with Crippen LogP contribution in [0.25, 0.3) is 0 Å². The minimum atomic E-state index is -0.00829. The molecule has 0 saturated heterocycles. The Hall–Kier alpha value is -0.970. The molecule has 1 N–H and O–H groups in total. The Morgan fingerprint density at radius 3 is 3.20 bits per heavy atom. The number of nitrogens with one attached hydrogen (secondary N) is 1. The number of carbonyl (C=O) groups excluding carboxylic acids is 1. The van der Waals surface area contributed by atoms with Crippen molar-refractivity contribution in [3.05, 3.63) is 6.20 Å². The molecule has 0 bridgehead atoms. The highest BCUT2D eigenvalue weighted by Crippen LogP contribution is 2.08. The number of amides is 1. The quantitative estimate of drug-likeness (QED) is 0.693. The van der Waals surface area contributed by atoms with Crippen LogP contribution in [0.4, 0.5) is 5.00 Å². The van der Waals surface area contributed by atoms with Gasteiger partial charge in [0, 0.05) is 18.0 Å². The molecule has 0 aliphatic heterocycles. The number of hydrogen-bond acceptors (Lipinski definition) is 4. The molecule has 0 fully saturated rings. The molecule has 0 aliphatic carbocycles. The van der Waals surface area contributed by atoms with Gasteiger partial charge in [0.1, 0.15) is 5.00 Å². The molecule has 10 heavy (non-hydrogen) atoms. The van der Waals surface area contributed by atoms with Crippen molar-refractivity contribution in [1.29, 1.82) is 0 Å². The van der Waals surface area contributed by atoms with Gasteiger partial charge in [-0.25, -0.2) is 0 Å². The molecule has 0 aromatic carbocycles. The van der Waals surface area contributed by atoms with Gasteiger partial charge in [0.15, 0.2) is 0 Å². The van der Waals surface area contributed by atoms with E-state index in [-0.39, 0.29) is 5.91 Å². The molecule has 0 aliphatic rings. The van der Waals surface area contributed by atoms with E-state index in [0.29, 0.717) is 11.4 Å². The summed E-state index contributed by atoms with van der Waals surface area (Å²) in [6.45, 7) is 1.80. The molecule has 1 rings (SSSR count). The zero-order valence-corrected chi connectivity index (χ0v) is 6.31. The van der Waals surface area contributed by atoms with Crippen molar-refractivity contribution in [2.24, 2.45) is 0 Å². The van der Waals surface area contributed by atoms with E-state index in [1.165, 1.54) is 17.7 Å². The Bertz CT molecular complexity index is 209. The maximum Gasteiger partial charge on any atom is 0.224 e. The summed E-state index contributed by atoms with van der Waals surface area (Å²) in [5, 5.41) is 6.89. The van der Waals surface area contributed by atoms with Crippen molar-refractivity contribution in [3.63, 3.8) is 0 Å². The van der Waals surface area contributed by atoms with Gasteiger partial charge in [0.2, 0.25) is 5.91 Å². The first-order valence-corrected chi connectivity index (χ1v) is 3.67. The fraction of sp³-hybridized carbons (Fsp3) is 0.400. The monoisotopic (exact) mass is 157 g/mol. The van der Waals surface area contributed by atoms with Gasteiger partial charge >= 0.3 is 0 Å². The highest BCUT2D eigenvalue weighted by molar-refractivity contribution is 7.10. The topological polar surface area (TPSA) is 54.9 Å². The van der Waals surface area contributed by atoms with Crippen LogP contribution in [-0.2, 0) is 4.79 Å². The standard InChI is InChI=1S/C5H7N3OS/c1-2-4(9)7-5-3-6-8-10-5/h3H,2H2,1H3,(H,7,9). The lowest BCUT2D eigenvalue weighted by molar-refractivity contribution is -0.115. The van der Waals surface area contributed by atoms with Gasteiger partial charge in [-0.2, -0.15) is 0 Å². The van der Waals surface area contributed by atoms with Gasteiger partial charge in [0.05, 0.1) is 6.20 Å². The van der Waals surface area contributed by atoms with Crippen LogP contribution >= 0.6 is 11.5 Å². The fourth-order valence-electron chi connectivity index (χ4n) is 0.448. The van der Waals surface area contributed by atoms with Crippen LogP contribution in [0.5, 0.6) is 0 Å². The predicted molar refractivity (Wildman–Crippen MR) is 38.8 cm³/mol. The molecule has 0 spiro atoms. The van der Waals surface area contributed by atoms with E-state index in [0.717, 1.165) is 0 Å². The first kappa shape index (κ1) is 7.14. The van der Waals surface area contributed by atoms with Crippen molar-refractivity contribution < 1.29 is 4.79 Å². The third kappa shape index (κ3) is 1.77. The molecular weight excluding hydrogens is 150 g/mol. The lowest BCUT2D eigenvalue weighted by Gasteiger charge is -1.94. The summed E-state index contributed by atoms with van der Waals surface area (Å²) in [7, 11) is 0. The van der Waals surface area contributed by atoms with Crippen LogP contribution < -0.4 is 5.32 Å². The maximum absolute atomic E-state index is 10.7. The molecule has 1 aromatic heterocycles. The van der Waals surface area contributed by atoms with Gasteiger partial charge < -0.3 is 5.32 Å². The summed E-state index contributed by atoms with van der Waals surface area (Å²) in [5.41, 5.74) is 0. The lowest BCUT2D eigenvalue weighted by Crippen LogP contribution is -2.07. The van der Waals surface area contributed by atoms with Crippen LogP contribution in [0, 0.1) is 0 Å². The molecule has 0 radical (unpaired) electrons. The molecule has 0 saturated carbocycles. The number of rotatable bonds is 2. The zero-order valence-electron chi connectivity index (χ0n) is 5.50. The van der Waals surface area contributed by atoms with Crippen molar-refractivity contribution >= 4 is 22.4 Å². The van der Waals surface area contributed by atoms with E-state index >= 15 is 0 Å². The predicted octanol–water partition coefficient (Wildman–Crippen LogP) is 0.887. The molecule has 1 heterocycles. The normalized spacial score (nSPS) is 9.30. The summed E-state index contributed by atoms with van der Waals surface area (Å²) in [6.07, 6.45) is 2.01. The highest BCUT2D eigenvalue weighted by Gasteiger charge is 1.98. The SMILES string of the molecule is CCC(=O)Nc1cnns1. The van der Waals surface area contributed by atoms with Crippen LogP contribution in [-0.4, -0.2) is 15.5 Å². The van der Waals surface area contributed by atoms with E-state index < -0.39 is 0 Å². The van der Waals surface area contributed by atoms with Crippen molar-refractivity contribution in [2.45, 2.75) is 13.3 Å². The minimum Gasteiger partial charge on any atom is -0.315 e. The van der Waals surface area contributed by atoms with E-state index in [9.17, 15) is 4.79 Å². The molecule has 54 valence electrons. The van der Waals surface area contributed by atoms with Gasteiger partial charge in [-0.3, -0.25) is 4.79 Å². The minimum absolute atomic E-state index is 0.00829. The Morgan fingerprint density at radius 2 is 2.70 bits per heavy atom. The van der Waals surface area contributed by atoms with Gasteiger partial charge in [-0.05, 0) is 0 Å². The number of aromatic nitrogens is 2. The van der Waals surface area contributed by atoms with Crippen LogP contribution in [0.3, 0.4) is 0 Å². The highest BCUT2D eigenvalue weighted by atomic mass is 32.1. The molecule has 4 nitrogen and oxygen atoms in total. The van der Waals surface area contributed by atoms with Gasteiger partial charge in [-0.15, -0.1) is 5.10 Å². The maximum atomic E-state index is 10.7. The third-order valence-electron chi connectivity index (χ3n) is 0.945.